The lowest BCUT2D eigenvalue weighted by Gasteiger charge is -2.42. The van der Waals surface area contributed by atoms with Gasteiger partial charge in [-0.2, -0.15) is 4.52 Å². The van der Waals surface area contributed by atoms with Gasteiger partial charge in [0.25, 0.3) is 0 Å². The first-order chi connectivity index (χ1) is 15.7. The summed E-state index contributed by atoms with van der Waals surface area (Å²) in [6.07, 6.45) is 6.69. The SMILES string of the molecule is Fc1cccc2c1ccn2C1CCC(N2CCN(c3ccc4nnc(Cl)n4n3)CC2)CC1. The number of nitrogens with zero attached hydrogens (tertiary/aromatic N) is 7. The predicted molar refractivity (Wildman–Crippen MR) is 123 cm³/mol. The third-order valence-corrected chi connectivity index (χ3v) is 7.37. The van der Waals surface area contributed by atoms with Crippen LogP contribution in [0.3, 0.4) is 0 Å². The highest BCUT2D eigenvalue weighted by Crippen LogP contribution is 2.34. The molecule has 0 bridgehead atoms. The number of halogens is 2. The minimum Gasteiger partial charge on any atom is -0.353 e. The second kappa shape index (κ2) is 8.01. The van der Waals surface area contributed by atoms with Crippen LogP contribution < -0.4 is 4.90 Å². The Labute approximate surface area is 190 Å². The van der Waals surface area contributed by atoms with Crippen LogP contribution in [-0.4, -0.2) is 61.5 Å². The van der Waals surface area contributed by atoms with Crippen molar-refractivity contribution in [2.75, 3.05) is 31.1 Å². The summed E-state index contributed by atoms with van der Waals surface area (Å²) in [6.45, 7) is 3.95. The van der Waals surface area contributed by atoms with Crippen molar-refractivity contribution in [2.45, 2.75) is 37.8 Å². The van der Waals surface area contributed by atoms with Crippen molar-refractivity contribution in [3.63, 3.8) is 0 Å². The molecule has 0 atom stereocenters. The summed E-state index contributed by atoms with van der Waals surface area (Å²) >= 11 is 6.08. The van der Waals surface area contributed by atoms with E-state index < -0.39 is 0 Å². The van der Waals surface area contributed by atoms with Crippen LogP contribution in [0, 0.1) is 5.82 Å². The van der Waals surface area contributed by atoms with Gasteiger partial charge in [0.15, 0.2) is 5.65 Å². The minimum atomic E-state index is -0.131. The second-order valence-corrected chi connectivity index (χ2v) is 9.15. The summed E-state index contributed by atoms with van der Waals surface area (Å²) in [4.78, 5) is 4.93. The maximum absolute atomic E-state index is 14.1. The molecule has 1 aliphatic heterocycles. The average Bonchev–Trinajstić information content (AvgIpc) is 3.44. The fourth-order valence-corrected chi connectivity index (χ4v) is 5.57. The quantitative estimate of drug-likeness (QED) is 0.466. The van der Waals surface area contributed by atoms with Crippen LogP contribution >= 0.6 is 11.6 Å². The Morgan fingerprint density at radius 1 is 0.875 bits per heavy atom. The standard InChI is InChI=1S/C23H25ClFN7/c24-23-27-26-21-8-9-22(28-32(21)23)30-14-12-29(13-15-30)16-4-6-17(7-5-16)31-11-10-18-19(25)2-1-3-20(18)31/h1-3,8-11,16-17H,4-7,12-15H2. The van der Waals surface area contributed by atoms with Crippen LogP contribution in [0.5, 0.6) is 0 Å². The van der Waals surface area contributed by atoms with E-state index in [1.165, 1.54) is 18.9 Å². The first kappa shape index (κ1) is 19.9. The highest BCUT2D eigenvalue weighted by Gasteiger charge is 2.29. The molecule has 1 aliphatic carbocycles. The summed E-state index contributed by atoms with van der Waals surface area (Å²) in [6, 6.07) is 12.3. The van der Waals surface area contributed by atoms with E-state index in [1.807, 2.05) is 30.3 Å². The van der Waals surface area contributed by atoms with Crippen molar-refractivity contribution >= 4 is 34.0 Å². The zero-order chi connectivity index (χ0) is 21.7. The summed E-state index contributed by atoms with van der Waals surface area (Å²) in [5.74, 6) is 0.780. The van der Waals surface area contributed by atoms with Crippen molar-refractivity contribution in [3.8, 4) is 0 Å². The van der Waals surface area contributed by atoms with E-state index in [0.29, 0.717) is 17.7 Å². The van der Waals surface area contributed by atoms with Gasteiger partial charge in [0.05, 0.1) is 5.52 Å². The molecule has 32 heavy (non-hydrogen) atoms. The van der Waals surface area contributed by atoms with Crippen LogP contribution in [0.1, 0.15) is 31.7 Å². The molecule has 2 fully saturated rings. The monoisotopic (exact) mass is 453 g/mol. The van der Waals surface area contributed by atoms with Gasteiger partial charge in [0.2, 0.25) is 5.28 Å². The molecule has 0 amide bonds. The molecular formula is C23H25ClFN7. The van der Waals surface area contributed by atoms with Crippen LogP contribution in [0.2, 0.25) is 5.28 Å². The van der Waals surface area contributed by atoms with Crippen LogP contribution in [-0.2, 0) is 0 Å². The van der Waals surface area contributed by atoms with Gasteiger partial charge >= 0.3 is 0 Å². The largest absolute Gasteiger partial charge is 0.353 e. The van der Waals surface area contributed by atoms with Crippen LogP contribution in [0.15, 0.2) is 42.6 Å². The normalized spacial score (nSPS) is 22.8. The van der Waals surface area contributed by atoms with Crippen LogP contribution in [0.25, 0.3) is 16.6 Å². The van der Waals surface area contributed by atoms with Crippen LogP contribution in [0.4, 0.5) is 10.2 Å². The first-order valence-electron chi connectivity index (χ1n) is 11.3. The Kier molecular flexibility index (Phi) is 4.99. The van der Waals surface area contributed by atoms with Crippen molar-refractivity contribution in [1.29, 1.82) is 0 Å². The number of anilines is 1. The maximum atomic E-state index is 14.1. The molecule has 0 unspecified atom stereocenters. The molecule has 3 aromatic heterocycles. The molecule has 166 valence electrons. The van der Waals surface area contributed by atoms with Gasteiger partial charge in [-0.1, -0.05) is 6.07 Å². The zero-order valence-electron chi connectivity index (χ0n) is 17.7. The number of aromatic nitrogens is 5. The van der Waals surface area contributed by atoms with Crippen molar-refractivity contribution in [3.05, 3.63) is 53.7 Å². The van der Waals surface area contributed by atoms with E-state index in [1.54, 1.807) is 4.52 Å². The molecule has 4 heterocycles. The molecule has 0 N–H and O–H groups in total. The predicted octanol–water partition coefficient (Wildman–Crippen LogP) is 4.18. The lowest BCUT2D eigenvalue weighted by atomic mass is 9.89. The summed E-state index contributed by atoms with van der Waals surface area (Å²) in [7, 11) is 0. The van der Waals surface area contributed by atoms with E-state index >= 15 is 0 Å². The number of hydrogen-bond donors (Lipinski definition) is 0. The topological polar surface area (TPSA) is 54.5 Å². The van der Waals surface area contributed by atoms with Crippen molar-refractivity contribution < 1.29 is 4.39 Å². The zero-order valence-corrected chi connectivity index (χ0v) is 18.5. The van der Waals surface area contributed by atoms with Gasteiger partial charge < -0.3 is 9.47 Å². The maximum Gasteiger partial charge on any atom is 0.246 e. The lowest BCUT2D eigenvalue weighted by molar-refractivity contribution is 0.131. The number of fused-ring (bicyclic) bond motifs is 2. The lowest BCUT2D eigenvalue weighted by Crippen LogP contribution is -2.51. The Morgan fingerprint density at radius 2 is 1.66 bits per heavy atom. The molecule has 0 spiro atoms. The Bertz CT molecular complexity index is 1250. The van der Waals surface area contributed by atoms with Crippen molar-refractivity contribution in [1.82, 2.24) is 29.3 Å². The Morgan fingerprint density at radius 3 is 2.47 bits per heavy atom. The second-order valence-electron chi connectivity index (χ2n) is 8.81. The summed E-state index contributed by atoms with van der Waals surface area (Å²) in [5.41, 5.74) is 1.67. The van der Waals surface area contributed by atoms with Gasteiger partial charge in [-0.3, -0.25) is 4.90 Å². The summed E-state index contributed by atoms with van der Waals surface area (Å²) < 4.78 is 17.9. The third-order valence-electron chi connectivity index (χ3n) is 7.13. The number of piperazine rings is 1. The first-order valence-corrected chi connectivity index (χ1v) is 11.7. The van der Waals surface area contributed by atoms with Gasteiger partial charge in [0, 0.05) is 49.8 Å². The van der Waals surface area contributed by atoms with E-state index in [2.05, 4.69) is 35.9 Å². The Balaban J connectivity index is 1.08. The fourth-order valence-electron chi connectivity index (χ4n) is 5.41. The highest BCUT2D eigenvalue weighted by atomic mass is 35.5. The molecule has 0 radical (unpaired) electrons. The van der Waals surface area contributed by atoms with Gasteiger partial charge in [0.1, 0.15) is 11.6 Å². The van der Waals surface area contributed by atoms with E-state index in [0.717, 1.165) is 55.7 Å². The molecule has 7 nitrogen and oxygen atoms in total. The molecule has 1 saturated carbocycles. The van der Waals surface area contributed by atoms with Crippen molar-refractivity contribution in [2.24, 2.45) is 0 Å². The van der Waals surface area contributed by atoms with E-state index in [4.69, 9.17) is 11.6 Å². The molecule has 4 aromatic rings. The van der Waals surface area contributed by atoms with E-state index in [9.17, 15) is 4.39 Å². The molecular weight excluding hydrogens is 429 g/mol. The number of benzene rings is 1. The number of hydrogen-bond acceptors (Lipinski definition) is 5. The average molecular weight is 454 g/mol. The molecule has 1 aromatic carbocycles. The molecule has 6 rings (SSSR count). The summed E-state index contributed by atoms with van der Waals surface area (Å²) in [5, 5.41) is 13.5. The third kappa shape index (κ3) is 3.42. The minimum absolute atomic E-state index is 0.131. The number of rotatable bonds is 3. The molecule has 9 heteroatoms. The smallest absolute Gasteiger partial charge is 0.246 e. The fraction of sp³-hybridized carbons (Fsp3) is 0.435. The highest BCUT2D eigenvalue weighted by molar-refractivity contribution is 6.28. The Hall–Kier alpha value is -2.71. The van der Waals surface area contributed by atoms with Gasteiger partial charge in [-0.15, -0.1) is 15.3 Å². The van der Waals surface area contributed by atoms with Gasteiger partial charge in [-0.05, 0) is 67.6 Å². The van der Waals surface area contributed by atoms with E-state index in [-0.39, 0.29) is 11.1 Å². The van der Waals surface area contributed by atoms with Gasteiger partial charge in [-0.25, -0.2) is 4.39 Å². The molecule has 2 aliphatic rings. The molecule has 1 saturated heterocycles.